The van der Waals surface area contributed by atoms with Crippen LogP contribution in [0.5, 0.6) is 0 Å². The van der Waals surface area contributed by atoms with Crippen LogP contribution in [-0.4, -0.2) is 13.1 Å². The predicted octanol–water partition coefficient (Wildman–Crippen LogP) is 3.72. The molecule has 2 nitrogen and oxygen atoms in total. The molecule has 1 saturated heterocycles. The fraction of sp³-hybridized carbons (Fsp3) is 0.500. The minimum atomic E-state index is 0.0370. The highest BCUT2D eigenvalue weighted by molar-refractivity contribution is 6.30. The molecule has 1 aromatic rings. The Hall–Kier alpha value is -1.20. The van der Waals surface area contributed by atoms with E-state index in [1.165, 1.54) is 0 Å². The SMILES string of the molecule is CC1(C)CN(c2cccc(Cl)c2)CCC1C#N. The monoisotopic (exact) mass is 248 g/mol. The van der Waals surface area contributed by atoms with Gasteiger partial charge in [-0.3, -0.25) is 0 Å². The van der Waals surface area contributed by atoms with Crippen LogP contribution >= 0.6 is 11.6 Å². The van der Waals surface area contributed by atoms with Crippen molar-refractivity contribution in [1.29, 1.82) is 5.26 Å². The van der Waals surface area contributed by atoms with E-state index in [0.717, 1.165) is 30.2 Å². The molecule has 2 rings (SSSR count). The van der Waals surface area contributed by atoms with Gasteiger partial charge in [-0.2, -0.15) is 5.26 Å². The fourth-order valence-corrected chi connectivity index (χ4v) is 2.67. The number of nitriles is 1. The Morgan fingerprint density at radius 1 is 1.47 bits per heavy atom. The summed E-state index contributed by atoms with van der Waals surface area (Å²) < 4.78 is 0. The molecule has 1 atom stereocenters. The minimum absolute atomic E-state index is 0.0370. The molecule has 3 heteroatoms. The van der Waals surface area contributed by atoms with E-state index in [2.05, 4.69) is 30.9 Å². The standard InChI is InChI=1S/C14H17ClN2/c1-14(2)10-17(7-6-11(14)9-16)13-5-3-4-12(15)8-13/h3-5,8,11H,6-7,10H2,1-2H3. The maximum absolute atomic E-state index is 9.14. The summed E-state index contributed by atoms with van der Waals surface area (Å²) in [7, 11) is 0. The van der Waals surface area contributed by atoms with Crippen LogP contribution < -0.4 is 4.90 Å². The van der Waals surface area contributed by atoms with Crippen molar-refractivity contribution in [2.75, 3.05) is 18.0 Å². The molecule has 0 bridgehead atoms. The maximum Gasteiger partial charge on any atom is 0.0662 e. The van der Waals surface area contributed by atoms with E-state index in [4.69, 9.17) is 16.9 Å². The highest BCUT2D eigenvalue weighted by atomic mass is 35.5. The normalized spacial score (nSPS) is 23.2. The first kappa shape index (κ1) is 12.3. The van der Waals surface area contributed by atoms with Gasteiger partial charge in [0.2, 0.25) is 0 Å². The first-order valence-electron chi connectivity index (χ1n) is 5.93. The van der Waals surface area contributed by atoms with Crippen LogP contribution in [0, 0.1) is 22.7 Å². The van der Waals surface area contributed by atoms with Crippen LogP contribution in [0.15, 0.2) is 24.3 Å². The van der Waals surface area contributed by atoms with Crippen molar-refractivity contribution in [1.82, 2.24) is 0 Å². The van der Waals surface area contributed by atoms with E-state index in [0.29, 0.717) is 0 Å². The van der Waals surface area contributed by atoms with E-state index in [1.54, 1.807) is 0 Å². The lowest BCUT2D eigenvalue weighted by Crippen LogP contribution is -2.45. The number of hydrogen-bond donors (Lipinski definition) is 0. The molecule has 90 valence electrons. The van der Waals surface area contributed by atoms with Crippen LogP contribution in [0.25, 0.3) is 0 Å². The summed E-state index contributed by atoms with van der Waals surface area (Å²) in [6.07, 6.45) is 0.927. The van der Waals surface area contributed by atoms with Gasteiger partial charge in [-0.25, -0.2) is 0 Å². The lowest BCUT2D eigenvalue weighted by atomic mass is 9.74. The lowest BCUT2D eigenvalue weighted by Gasteiger charge is -2.42. The van der Waals surface area contributed by atoms with Crippen LogP contribution in [0.3, 0.4) is 0 Å². The van der Waals surface area contributed by atoms with Crippen molar-refractivity contribution in [2.45, 2.75) is 20.3 Å². The first-order valence-corrected chi connectivity index (χ1v) is 6.31. The molecule has 1 heterocycles. The molecule has 0 radical (unpaired) electrons. The number of piperidine rings is 1. The average Bonchev–Trinajstić information content (AvgIpc) is 2.27. The Balaban J connectivity index is 2.19. The second kappa shape index (κ2) is 4.58. The Bertz CT molecular complexity index is 448. The molecule has 0 amide bonds. The molecule has 0 aliphatic carbocycles. The lowest BCUT2D eigenvalue weighted by molar-refractivity contribution is 0.226. The number of rotatable bonds is 1. The van der Waals surface area contributed by atoms with E-state index in [-0.39, 0.29) is 11.3 Å². The summed E-state index contributed by atoms with van der Waals surface area (Å²) in [6, 6.07) is 10.4. The topological polar surface area (TPSA) is 27.0 Å². The van der Waals surface area contributed by atoms with Gasteiger partial charge in [0.25, 0.3) is 0 Å². The molecule has 1 fully saturated rings. The Kier molecular flexibility index (Phi) is 3.31. The number of hydrogen-bond acceptors (Lipinski definition) is 2. The van der Waals surface area contributed by atoms with E-state index in [9.17, 15) is 0 Å². The van der Waals surface area contributed by atoms with Gasteiger partial charge in [-0.1, -0.05) is 31.5 Å². The number of anilines is 1. The molecule has 1 unspecified atom stereocenters. The molecule has 1 aliphatic rings. The molecule has 1 aromatic carbocycles. The first-order chi connectivity index (χ1) is 8.03. The van der Waals surface area contributed by atoms with Gasteiger partial charge in [0, 0.05) is 23.8 Å². The maximum atomic E-state index is 9.14. The Morgan fingerprint density at radius 3 is 2.82 bits per heavy atom. The number of benzene rings is 1. The number of nitrogens with zero attached hydrogens (tertiary/aromatic N) is 2. The third-order valence-corrected chi connectivity index (χ3v) is 3.79. The third-order valence-electron chi connectivity index (χ3n) is 3.56. The second-order valence-corrected chi connectivity index (χ2v) is 5.80. The van der Waals surface area contributed by atoms with Gasteiger partial charge in [-0.05, 0) is 30.0 Å². The van der Waals surface area contributed by atoms with Gasteiger partial charge in [0.05, 0.1) is 12.0 Å². The predicted molar refractivity (Wildman–Crippen MR) is 71.2 cm³/mol. The summed E-state index contributed by atoms with van der Waals surface area (Å²) in [5.41, 5.74) is 1.19. The summed E-state index contributed by atoms with van der Waals surface area (Å²) in [5.74, 6) is 0.151. The zero-order chi connectivity index (χ0) is 12.5. The molecular formula is C14H17ClN2. The summed E-state index contributed by atoms with van der Waals surface area (Å²) >= 11 is 6.01. The molecule has 0 saturated carbocycles. The largest absolute Gasteiger partial charge is 0.371 e. The van der Waals surface area contributed by atoms with Crippen molar-refractivity contribution in [3.05, 3.63) is 29.3 Å². The highest BCUT2D eigenvalue weighted by Gasteiger charge is 2.35. The van der Waals surface area contributed by atoms with Gasteiger partial charge in [0.15, 0.2) is 0 Å². The van der Waals surface area contributed by atoms with Crippen molar-refractivity contribution in [2.24, 2.45) is 11.3 Å². The zero-order valence-corrected chi connectivity index (χ0v) is 11.0. The average molecular weight is 249 g/mol. The molecule has 0 aromatic heterocycles. The molecule has 0 N–H and O–H groups in total. The third kappa shape index (κ3) is 2.56. The smallest absolute Gasteiger partial charge is 0.0662 e. The van der Waals surface area contributed by atoms with Gasteiger partial charge in [0.1, 0.15) is 0 Å². The van der Waals surface area contributed by atoms with Crippen LogP contribution in [0.2, 0.25) is 5.02 Å². The van der Waals surface area contributed by atoms with Crippen molar-refractivity contribution in [3.8, 4) is 6.07 Å². The Morgan fingerprint density at radius 2 is 2.24 bits per heavy atom. The zero-order valence-electron chi connectivity index (χ0n) is 10.3. The quantitative estimate of drug-likeness (QED) is 0.758. The van der Waals surface area contributed by atoms with E-state index < -0.39 is 0 Å². The molecule has 17 heavy (non-hydrogen) atoms. The van der Waals surface area contributed by atoms with Crippen molar-refractivity contribution < 1.29 is 0 Å². The summed E-state index contributed by atoms with van der Waals surface area (Å²) in [5, 5.41) is 9.90. The van der Waals surface area contributed by atoms with E-state index >= 15 is 0 Å². The molecular weight excluding hydrogens is 232 g/mol. The minimum Gasteiger partial charge on any atom is -0.371 e. The Labute approximate surface area is 108 Å². The summed E-state index contributed by atoms with van der Waals surface area (Å²) in [4.78, 5) is 2.32. The van der Waals surface area contributed by atoms with Gasteiger partial charge < -0.3 is 4.90 Å². The molecule has 1 aliphatic heterocycles. The van der Waals surface area contributed by atoms with Crippen molar-refractivity contribution >= 4 is 17.3 Å². The fourth-order valence-electron chi connectivity index (χ4n) is 2.49. The van der Waals surface area contributed by atoms with Crippen LogP contribution in [0.1, 0.15) is 20.3 Å². The van der Waals surface area contributed by atoms with E-state index in [1.807, 2.05) is 18.2 Å². The van der Waals surface area contributed by atoms with Crippen LogP contribution in [0.4, 0.5) is 5.69 Å². The molecule has 0 spiro atoms. The second-order valence-electron chi connectivity index (χ2n) is 5.36. The highest BCUT2D eigenvalue weighted by Crippen LogP contribution is 2.36. The summed E-state index contributed by atoms with van der Waals surface area (Å²) in [6.45, 7) is 6.17. The van der Waals surface area contributed by atoms with Gasteiger partial charge in [-0.15, -0.1) is 0 Å². The number of halogens is 1. The van der Waals surface area contributed by atoms with Crippen LogP contribution in [-0.2, 0) is 0 Å². The van der Waals surface area contributed by atoms with Crippen molar-refractivity contribution in [3.63, 3.8) is 0 Å². The van der Waals surface area contributed by atoms with Gasteiger partial charge >= 0.3 is 0 Å².